The van der Waals surface area contributed by atoms with Crippen molar-refractivity contribution in [2.45, 2.75) is 65.5 Å². The molecule has 2 aromatic rings. The summed E-state index contributed by atoms with van der Waals surface area (Å²) in [6, 6.07) is 12.9. The predicted molar refractivity (Wildman–Crippen MR) is 100 cm³/mol. The lowest BCUT2D eigenvalue weighted by atomic mass is 10.0. The van der Waals surface area contributed by atoms with E-state index in [1.807, 2.05) is 0 Å². The summed E-state index contributed by atoms with van der Waals surface area (Å²) < 4.78 is 6.16. The molecule has 1 N–H and O–H groups in total. The van der Waals surface area contributed by atoms with E-state index in [4.69, 9.17) is 4.74 Å². The molecule has 0 spiro atoms. The number of nitrogens with one attached hydrogen (secondary N) is 1. The van der Waals surface area contributed by atoms with Crippen LogP contribution < -0.4 is 10.1 Å². The van der Waals surface area contributed by atoms with Gasteiger partial charge < -0.3 is 10.1 Å². The van der Waals surface area contributed by atoms with E-state index in [1.54, 1.807) is 0 Å². The van der Waals surface area contributed by atoms with Crippen LogP contribution in [0.15, 0.2) is 36.4 Å². The monoisotopic (exact) mass is 313 g/mol. The lowest BCUT2D eigenvalue weighted by Gasteiger charge is -2.18. The van der Waals surface area contributed by atoms with Gasteiger partial charge in [-0.05, 0) is 43.1 Å². The van der Waals surface area contributed by atoms with E-state index in [1.165, 1.54) is 42.0 Å². The molecule has 23 heavy (non-hydrogen) atoms. The topological polar surface area (TPSA) is 21.3 Å². The molecule has 0 heterocycles. The quantitative estimate of drug-likeness (QED) is 0.569. The first-order valence-electron chi connectivity index (χ1n) is 9.14. The summed E-state index contributed by atoms with van der Waals surface area (Å²) >= 11 is 0. The van der Waals surface area contributed by atoms with Crippen molar-refractivity contribution in [2.75, 3.05) is 6.54 Å². The van der Waals surface area contributed by atoms with Crippen LogP contribution in [0.2, 0.25) is 0 Å². The molecule has 0 aromatic heterocycles. The Morgan fingerprint density at radius 2 is 1.83 bits per heavy atom. The van der Waals surface area contributed by atoms with Crippen LogP contribution in [0.3, 0.4) is 0 Å². The number of hydrogen-bond acceptors (Lipinski definition) is 2. The zero-order valence-corrected chi connectivity index (χ0v) is 14.9. The largest absolute Gasteiger partial charge is 0.490 e. The molecule has 0 amide bonds. The van der Waals surface area contributed by atoms with Crippen LogP contribution in [-0.4, -0.2) is 12.6 Å². The minimum Gasteiger partial charge on any atom is -0.490 e. The predicted octanol–water partition coefficient (Wildman–Crippen LogP) is 5.69. The molecule has 0 aliphatic rings. The first-order chi connectivity index (χ1) is 11.3. The summed E-state index contributed by atoms with van der Waals surface area (Å²) in [5.41, 5.74) is 1.29. The maximum absolute atomic E-state index is 6.16. The Morgan fingerprint density at radius 3 is 2.61 bits per heavy atom. The van der Waals surface area contributed by atoms with Crippen LogP contribution in [-0.2, 0) is 6.54 Å². The molecule has 0 radical (unpaired) electrons. The molecule has 0 fully saturated rings. The van der Waals surface area contributed by atoms with Crippen LogP contribution in [0.5, 0.6) is 5.75 Å². The smallest absolute Gasteiger partial charge is 0.124 e. The van der Waals surface area contributed by atoms with E-state index in [2.05, 4.69) is 62.5 Å². The van der Waals surface area contributed by atoms with Crippen molar-refractivity contribution in [3.63, 3.8) is 0 Å². The van der Waals surface area contributed by atoms with Gasteiger partial charge in [0.1, 0.15) is 5.75 Å². The van der Waals surface area contributed by atoms with Gasteiger partial charge in [0.2, 0.25) is 0 Å². The zero-order chi connectivity index (χ0) is 16.5. The first-order valence-corrected chi connectivity index (χ1v) is 9.14. The van der Waals surface area contributed by atoms with Crippen LogP contribution in [0.4, 0.5) is 0 Å². The second-order valence-electron chi connectivity index (χ2n) is 6.34. The fourth-order valence-corrected chi connectivity index (χ4v) is 2.80. The number of hydrogen-bond donors (Lipinski definition) is 1. The van der Waals surface area contributed by atoms with Crippen LogP contribution >= 0.6 is 0 Å². The van der Waals surface area contributed by atoms with Gasteiger partial charge in [0, 0.05) is 12.1 Å². The average Bonchev–Trinajstić information content (AvgIpc) is 2.59. The number of rotatable bonds is 10. The standard InChI is InChI=1S/C21H31NO/c1-4-6-7-10-15-22-16-20-19-12-9-8-11-18(19)13-14-21(20)23-17(3)5-2/h8-9,11-14,17,22H,4-7,10,15-16H2,1-3H3. The molecule has 1 unspecified atom stereocenters. The number of ether oxygens (including phenoxy) is 1. The van der Waals surface area contributed by atoms with Crippen molar-refractivity contribution >= 4 is 10.8 Å². The third kappa shape index (κ3) is 5.24. The summed E-state index contributed by atoms with van der Waals surface area (Å²) in [4.78, 5) is 0. The Bertz CT molecular complexity index is 593. The molecule has 0 aliphatic heterocycles. The van der Waals surface area contributed by atoms with Crippen molar-refractivity contribution in [2.24, 2.45) is 0 Å². The molecule has 0 saturated carbocycles. The highest BCUT2D eigenvalue weighted by atomic mass is 16.5. The third-order valence-electron chi connectivity index (χ3n) is 4.41. The van der Waals surface area contributed by atoms with Crippen molar-refractivity contribution in [1.29, 1.82) is 0 Å². The normalized spacial score (nSPS) is 12.5. The minimum absolute atomic E-state index is 0.250. The minimum atomic E-state index is 0.250. The van der Waals surface area contributed by atoms with Crippen molar-refractivity contribution in [3.8, 4) is 5.75 Å². The highest BCUT2D eigenvalue weighted by Gasteiger charge is 2.10. The SMILES string of the molecule is CCCCCCNCc1c(OC(C)CC)ccc2ccccc12. The molecule has 0 aliphatic carbocycles. The Kier molecular flexibility index (Phi) is 7.41. The van der Waals surface area contributed by atoms with Gasteiger partial charge in [-0.1, -0.05) is 63.4 Å². The van der Waals surface area contributed by atoms with Crippen LogP contribution in [0.25, 0.3) is 10.8 Å². The number of benzene rings is 2. The molecule has 126 valence electrons. The Morgan fingerprint density at radius 1 is 1.00 bits per heavy atom. The molecule has 2 aromatic carbocycles. The number of fused-ring (bicyclic) bond motifs is 1. The zero-order valence-electron chi connectivity index (χ0n) is 14.9. The van der Waals surface area contributed by atoms with Crippen molar-refractivity contribution in [3.05, 3.63) is 42.0 Å². The van der Waals surface area contributed by atoms with Gasteiger partial charge in [0.05, 0.1) is 6.10 Å². The molecule has 2 rings (SSSR count). The van der Waals surface area contributed by atoms with Gasteiger partial charge in [-0.3, -0.25) is 0 Å². The van der Waals surface area contributed by atoms with Crippen LogP contribution in [0.1, 0.15) is 58.4 Å². The van der Waals surface area contributed by atoms with E-state index in [-0.39, 0.29) is 6.10 Å². The molecule has 0 bridgehead atoms. The second kappa shape index (κ2) is 9.57. The van der Waals surface area contributed by atoms with E-state index >= 15 is 0 Å². The third-order valence-corrected chi connectivity index (χ3v) is 4.41. The summed E-state index contributed by atoms with van der Waals surface area (Å²) in [6.45, 7) is 8.50. The van der Waals surface area contributed by atoms with Gasteiger partial charge in [-0.25, -0.2) is 0 Å². The molecular formula is C21H31NO. The highest BCUT2D eigenvalue weighted by Crippen LogP contribution is 2.29. The maximum atomic E-state index is 6.16. The summed E-state index contributed by atoms with van der Waals surface area (Å²) in [6.07, 6.45) is 6.46. The van der Waals surface area contributed by atoms with Crippen molar-refractivity contribution < 1.29 is 4.74 Å². The van der Waals surface area contributed by atoms with E-state index in [0.717, 1.165) is 25.3 Å². The van der Waals surface area contributed by atoms with E-state index < -0.39 is 0 Å². The van der Waals surface area contributed by atoms with Gasteiger partial charge >= 0.3 is 0 Å². The summed E-state index contributed by atoms with van der Waals surface area (Å²) in [5.74, 6) is 1.03. The fourth-order valence-electron chi connectivity index (χ4n) is 2.80. The molecule has 2 heteroatoms. The first kappa shape index (κ1) is 17.8. The molecule has 2 nitrogen and oxygen atoms in total. The van der Waals surface area contributed by atoms with Gasteiger partial charge in [0.25, 0.3) is 0 Å². The van der Waals surface area contributed by atoms with E-state index in [9.17, 15) is 0 Å². The van der Waals surface area contributed by atoms with E-state index in [0.29, 0.717) is 0 Å². The maximum Gasteiger partial charge on any atom is 0.124 e. The second-order valence-corrected chi connectivity index (χ2v) is 6.34. The lowest BCUT2D eigenvalue weighted by Crippen LogP contribution is -2.17. The highest BCUT2D eigenvalue weighted by molar-refractivity contribution is 5.87. The molecule has 1 atom stereocenters. The summed E-state index contributed by atoms with van der Waals surface area (Å²) in [5, 5.41) is 6.19. The molecular weight excluding hydrogens is 282 g/mol. The molecule has 0 saturated heterocycles. The van der Waals surface area contributed by atoms with Crippen molar-refractivity contribution in [1.82, 2.24) is 5.32 Å². The lowest BCUT2D eigenvalue weighted by molar-refractivity contribution is 0.215. The van der Waals surface area contributed by atoms with Gasteiger partial charge in [-0.2, -0.15) is 0 Å². The van der Waals surface area contributed by atoms with Gasteiger partial charge in [-0.15, -0.1) is 0 Å². The Balaban J connectivity index is 2.11. The summed E-state index contributed by atoms with van der Waals surface area (Å²) in [7, 11) is 0. The average molecular weight is 313 g/mol. The van der Waals surface area contributed by atoms with Crippen LogP contribution in [0, 0.1) is 0 Å². The van der Waals surface area contributed by atoms with Gasteiger partial charge in [0.15, 0.2) is 0 Å². The Hall–Kier alpha value is -1.54. The Labute approximate surface area is 141 Å². The number of unbranched alkanes of at least 4 members (excludes halogenated alkanes) is 3. The fraction of sp³-hybridized carbons (Fsp3) is 0.524.